The first kappa shape index (κ1) is 16.7. The molecule has 8 heteroatoms. The van der Waals surface area contributed by atoms with Crippen LogP contribution in [-0.4, -0.2) is 42.5 Å². The molecule has 2 heterocycles. The van der Waals surface area contributed by atoms with Crippen LogP contribution in [0.3, 0.4) is 0 Å². The van der Waals surface area contributed by atoms with Gasteiger partial charge in [-0.25, -0.2) is 12.7 Å². The number of aromatic amines is 1. The molecule has 0 bridgehead atoms. The van der Waals surface area contributed by atoms with Crippen LogP contribution in [0.5, 0.6) is 0 Å². The van der Waals surface area contributed by atoms with Crippen LogP contribution in [0.15, 0.2) is 10.9 Å². The Morgan fingerprint density at radius 1 is 1.41 bits per heavy atom. The number of nitrogens with zero attached hydrogens (tertiary/aromatic N) is 1. The number of amides is 1. The molecule has 0 spiro atoms. The van der Waals surface area contributed by atoms with E-state index >= 15 is 0 Å². The normalized spacial score (nSPS) is 17.5. The zero-order valence-electron chi connectivity index (χ0n) is 12.8. The zero-order valence-corrected chi connectivity index (χ0v) is 13.6. The van der Waals surface area contributed by atoms with Crippen molar-refractivity contribution in [2.45, 2.75) is 33.2 Å². The number of rotatable bonds is 5. The molecule has 0 aliphatic carbocycles. The molecule has 0 saturated carbocycles. The SMILES string of the molecule is Cc1cc(C)c(CNC(=O)CCN2CCCS2(=O)=O)c(=O)[nH]1. The Hall–Kier alpha value is -1.67. The summed E-state index contributed by atoms with van der Waals surface area (Å²) < 4.78 is 24.6. The van der Waals surface area contributed by atoms with E-state index in [0.717, 1.165) is 11.3 Å². The van der Waals surface area contributed by atoms with Crippen LogP contribution in [0.2, 0.25) is 0 Å². The van der Waals surface area contributed by atoms with Gasteiger partial charge < -0.3 is 10.3 Å². The Balaban J connectivity index is 1.87. The Labute approximate surface area is 129 Å². The van der Waals surface area contributed by atoms with Gasteiger partial charge in [0.2, 0.25) is 15.9 Å². The Morgan fingerprint density at radius 3 is 2.73 bits per heavy atom. The van der Waals surface area contributed by atoms with Gasteiger partial charge in [-0.15, -0.1) is 0 Å². The molecule has 1 aliphatic heterocycles. The molecule has 1 aliphatic rings. The van der Waals surface area contributed by atoms with Gasteiger partial charge >= 0.3 is 0 Å². The fraction of sp³-hybridized carbons (Fsp3) is 0.571. The van der Waals surface area contributed by atoms with E-state index in [0.29, 0.717) is 18.5 Å². The van der Waals surface area contributed by atoms with Crippen molar-refractivity contribution < 1.29 is 13.2 Å². The van der Waals surface area contributed by atoms with Gasteiger partial charge in [-0.05, 0) is 31.9 Å². The standard InChI is InChI=1S/C14H21N3O4S/c1-10-8-11(2)16-14(19)12(10)9-15-13(18)4-6-17-5-3-7-22(17,20)21/h8H,3-7,9H2,1-2H3,(H,15,18)(H,16,19). The summed E-state index contributed by atoms with van der Waals surface area (Å²) in [5, 5.41) is 2.67. The topological polar surface area (TPSA) is 99.3 Å². The molecule has 0 radical (unpaired) electrons. The van der Waals surface area contributed by atoms with Crippen LogP contribution in [0.25, 0.3) is 0 Å². The molecule has 122 valence electrons. The minimum atomic E-state index is -3.17. The number of carbonyl (C=O) groups is 1. The van der Waals surface area contributed by atoms with E-state index in [-0.39, 0.29) is 36.7 Å². The highest BCUT2D eigenvalue weighted by molar-refractivity contribution is 7.89. The maximum absolute atomic E-state index is 11.8. The smallest absolute Gasteiger partial charge is 0.253 e. The monoisotopic (exact) mass is 327 g/mol. The second-order valence-corrected chi connectivity index (χ2v) is 7.63. The summed E-state index contributed by atoms with van der Waals surface area (Å²) in [7, 11) is -3.17. The van der Waals surface area contributed by atoms with Crippen LogP contribution in [0.4, 0.5) is 0 Å². The van der Waals surface area contributed by atoms with Gasteiger partial charge in [-0.3, -0.25) is 9.59 Å². The van der Waals surface area contributed by atoms with Crippen molar-refractivity contribution in [3.8, 4) is 0 Å². The lowest BCUT2D eigenvalue weighted by Crippen LogP contribution is -2.33. The highest BCUT2D eigenvalue weighted by Gasteiger charge is 2.28. The van der Waals surface area contributed by atoms with Crippen molar-refractivity contribution >= 4 is 15.9 Å². The number of carbonyl (C=O) groups excluding carboxylic acids is 1. The van der Waals surface area contributed by atoms with Gasteiger partial charge in [0.15, 0.2) is 0 Å². The number of hydrogen-bond donors (Lipinski definition) is 2. The van der Waals surface area contributed by atoms with Gasteiger partial charge in [-0.1, -0.05) is 0 Å². The summed E-state index contributed by atoms with van der Waals surface area (Å²) in [6.07, 6.45) is 0.712. The van der Waals surface area contributed by atoms with E-state index in [1.54, 1.807) is 6.92 Å². The second kappa shape index (κ2) is 6.62. The maximum atomic E-state index is 11.8. The summed E-state index contributed by atoms with van der Waals surface area (Å²) in [6.45, 7) is 4.44. The molecule has 2 rings (SSSR count). The molecule has 1 amide bonds. The molecular formula is C14H21N3O4S. The molecule has 1 fully saturated rings. The predicted octanol–water partition coefficient (Wildman–Crippen LogP) is 0.0335. The van der Waals surface area contributed by atoms with Crippen molar-refractivity contribution in [2.75, 3.05) is 18.8 Å². The van der Waals surface area contributed by atoms with E-state index in [1.165, 1.54) is 4.31 Å². The molecule has 22 heavy (non-hydrogen) atoms. The van der Waals surface area contributed by atoms with Crippen LogP contribution in [0.1, 0.15) is 29.7 Å². The number of H-pyrrole nitrogens is 1. The van der Waals surface area contributed by atoms with Crippen LogP contribution >= 0.6 is 0 Å². The summed E-state index contributed by atoms with van der Waals surface area (Å²) in [5.41, 5.74) is 1.91. The average molecular weight is 327 g/mol. The lowest BCUT2D eigenvalue weighted by atomic mass is 10.1. The first-order valence-corrected chi connectivity index (χ1v) is 8.84. The van der Waals surface area contributed by atoms with Crippen LogP contribution in [0, 0.1) is 13.8 Å². The molecule has 0 atom stereocenters. The quantitative estimate of drug-likeness (QED) is 0.797. The highest BCUT2D eigenvalue weighted by atomic mass is 32.2. The molecule has 2 N–H and O–H groups in total. The third kappa shape index (κ3) is 3.95. The zero-order chi connectivity index (χ0) is 16.3. The Bertz CT molecular complexity index is 724. The lowest BCUT2D eigenvalue weighted by molar-refractivity contribution is -0.121. The van der Waals surface area contributed by atoms with Gasteiger partial charge in [-0.2, -0.15) is 0 Å². The van der Waals surface area contributed by atoms with Crippen molar-refractivity contribution in [2.24, 2.45) is 0 Å². The first-order chi connectivity index (χ1) is 10.3. The number of nitrogens with one attached hydrogen (secondary N) is 2. The van der Waals surface area contributed by atoms with Crippen molar-refractivity contribution in [3.63, 3.8) is 0 Å². The van der Waals surface area contributed by atoms with Gasteiger partial charge in [0.1, 0.15) is 0 Å². The van der Waals surface area contributed by atoms with Crippen molar-refractivity contribution in [3.05, 3.63) is 33.2 Å². The van der Waals surface area contributed by atoms with Gasteiger partial charge in [0.05, 0.1) is 5.75 Å². The van der Waals surface area contributed by atoms with Crippen molar-refractivity contribution in [1.82, 2.24) is 14.6 Å². The minimum Gasteiger partial charge on any atom is -0.352 e. The van der Waals surface area contributed by atoms with E-state index in [9.17, 15) is 18.0 Å². The van der Waals surface area contributed by atoms with E-state index in [1.807, 2.05) is 13.0 Å². The fourth-order valence-corrected chi connectivity index (χ4v) is 4.07. The van der Waals surface area contributed by atoms with Crippen LogP contribution in [-0.2, 0) is 21.4 Å². The van der Waals surface area contributed by atoms with Gasteiger partial charge in [0.25, 0.3) is 5.56 Å². The molecule has 1 aromatic rings. The van der Waals surface area contributed by atoms with E-state index in [2.05, 4.69) is 10.3 Å². The molecule has 1 saturated heterocycles. The van der Waals surface area contributed by atoms with Crippen molar-refractivity contribution in [1.29, 1.82) is 0 Å². The predicted molar refractivity (Wildman–Crippen MR) is 83.0 cm³/mol. The number of aryl methyl sites for hydroxylation is 2. The van der Waals surface area contributed by atoms with Gasteiger partial charge in [0, 0.05) is 37.3 Å². The molecule has 7 nitrogen and oxygen atoms in total. The number of sulfonamides is 1. The maximum Gasteiger partial charge on any atom is 0.253 e. The van der Waals surface area contributed by atoms with Crippen LogP contribution < -0.4 is 10.9 Å². The largest absolute Gasteiger partial charge is 0.352 e. The third-order valence-corrected chi connectivity index (χ3v) is 5.70. The minimum absolute atomic E-state index is 0.0992. The Kier molecular flexibility index (Phi) is 5.02. The summed E-state index contributed by atoms with van der Waals surface area (Å²) >= 11 is 0. The molecule has 0 aromatic carbocycles. The van der Waals surface area contributed by atoms with E-state index < -0.39 is 10.0 Å². The fourth-order valence-electron chi connectivity index (χ4n) is 2.55. The van der Waals surface area contributed by atoms with E-state index in [4.69, 9.17) is 0 Å². The number of aromatic nitrogens is 1. The summed E-state index contributed by atoms with van der Waals surface area (Å²) in [6, 6.07) is 1.85. The summed E-state index contributed by atoms with van der Waals surface area (Å²) in [4.78, 5) is 26.4. The number of hydrogen-bond acceptors (Lipinski definition) is 4. The lowest BCUT2D eigenvalue weighted by Gasteiger charge is -2.14. The summed E-state index contributed by atoms with van der Waals surface area (Å²) in [5.74, 6) is -0.103. The molecule has 0 unspecified atom stereocenters. The highest BCUT2D eigenvalue weighted by Crippen LogP contribution is 2.13. The average Bonchev–Trinajstić information content (AvgIpc) is 2.74. The Morgan fingerprint density at radius 2 is 2.14 bits per heavy atom. The second-order valence-electron chi connectivity index (χ2n) is 5.54. The number of pyridine rings is 1. The third-order valence-electron chi connectivity index (χ3n) is 3.75. The molecule has 1 aromatic heterocycles. The molecular weight excluding hydrogens is 306 g/mol. The first-order valence-electron chi connectivity index (χ1n) is 7.23.